The lowest BCUT2D eigenvalue weighted by Gasteiger charge is -2.21. The SMILES string of the molecule is CCN(c1ccccc1)c1csc(C(=O)O)c1. The molecule has 2 aromatic rings. The molecule has 0 spiro atoms. The minimum absolute atomic E-state index is 0.370. The summed E-state index contributed by atoms with van der Waals surface area (Å²) >= 11 is 1.25. The number of carboxylic acids is 1. The van der Waals surface area contributed by atoms with E-state index in [1.54, 1.807) is 6.07 Å². The molecule has 2 rings (SSSR count). The molecule has 0 amide bonds. The lowest BCUT2D eigenvalue weighted by atomic mass is 10.2. The van der Waals surface area contributed by atoms with Crippen molar-refractivity contribution in [1.82, 2.24) is 0 Å². The lowest BCUT2D eigenvalue weighted by molar-refractivity contribution is 0.0702. The first-order chi connectivity index (χ1) is 8.22. The Morgan fingerprint density at radius 3 is 2.53 bits per heavy atom. The van der Waals surface area contributed by atoms with E-state index in [1.807, 2.05) is 42.6 Å². The minimum atomic E-state index is -0.870. The highest BCUT2D eigenvalue weighted by Crippen LogP contribution is 2.29. The van der Waals surface area contributed by atoms with E-state index in [2.05, 4.69) is 4.90 Å². The Kier molecular flexibility index (Phi) is 3.44. The summed E-state index contributed by atoms with van der Waals surface area (Å²) < 4.78 is 0. The summed E-state index contributed by atoms with van der Waals surface area (Å²) in [6.45, 7) is 2.85. The average Bonchev–Trinajstić information content (AvgIpc) is 2.81. The van der Waals surface area contributed by atoms with Crippen molar-refractivity contribution >= 4 is 28.7 Å². The van der Waals surface area contributed by atoms with Crippen LogP contribution in [0.15, 0.2) is 41.8 Å². The van der Waals surface area contributed by atoms with E-state index < -0.39 is 5.97 Å². The van der Waals surface area contributed by atoms with Gasteiger partial charge in [-0.3, -0.25) is 0 Å². The van der Waals surface area contributed by atoms with Crippen LogP contribution in [-0.4, -0.2) is 17.6 Å². The molecule has 1 heterocycles. The van der Waals surface area contributed by atoms with E-state index in [1.165, 1.54) is 11.3 Å². The molecule has 0 aliphatic rings. The van der Waals surface area contributed by atoms with Crippen molar-refractivity contribution in [1.29, 1.82) is 0 Å². The highest BCUT2D eigenvalue weighted by Gasteiger charge is 2.12. The maximum Gasteiger partial charge on any atom is 0.345 e. The fraction of sp³-hybridized carbons (Fsp3) is 0.154. The third-order valence-electron chi connectivity index (χ3n) is 2.49. The van der Waals surface area contributed by atoms with Gasteiger partial charge in [-0.1, -0.05) is 18.2 Å². The van der Waals surface area contributed by atoms with Crippen LogP contribution >= 0.6 is 11.3 Å². The standard InChI is InChI=1S/C13H13NO2S/c1-2-14(10-6-4-3-5-7-10)11-8-12(13(15)16)17-9-11/h3-9H,2H2,1H3,(H,15,16). The molecule has 4 heteroatoms. The maximum absolute atomic E-state index is 10.9. The first-order valence-electron chi connectivity index (χ1n) is 5.36. The van der Waals surface area contributed by atoms with E-state index >= 15 is 0 Å². The highest BCUT2D eigenvalue weighted by molar-refractivity contribution is 7.12. The van der Waals surface area contributed by atoms with Crippen LogP contribution in [0, 0.1) is 0 Å². The first kappa shape index (κ1) is 11.7. The molecular weight excluding hydrogens is 234 g/mol. The second-order valence-electron chi connectivity index (χ2n) is 3.55. The highest BCUT2D eigenvalue weighted by atomic mass is 32.1. The van der Waals surface area contributed by atoms with E-state index in [0.717, 1.165) is 17.9 Å². The predicted molar refractivity (Wildman–Crippen MR) is 70.4 cm³/mol. The maximum atomic E-state index is 10.9. The smallest absolute Gasteiger partial charge is 0.345 e. The number of benzene rings is 1. The number of aromatic carboxylic acids is 1. The Morgan fingerprint density at radius 1 is 1.29 bits per heavy atom. The molecular formula is C13H13NO2S. The molecule has 0 unspecified atom stereocenters. The van der Waals surface area contributed by atoms with Crippen LogP contribution < -0.4 is 4.90 Å². The number of thiophene rings is 1. The number of anilines is 2. The van der Waals surface area contributed by atoms with Crippen LogP contribution in [0.3, 0.4) is 0 Å². The Morgan fingerprint density at radius 2 is 2.00 bits per heavy atom. The van der Waals surface area contributed by atoms with Gasteiger partial charge >= 0.3 is 5.97 Å². The molecule has 3 nitrogen and oxygen atoms in total. The zero-order chi connectivity index (χ0) is 12.3. The summed E-state index contributed by atoms with van der Waals surface area (Å²) in [6.07, 6.45) is 0. The summed E-state index contributed by atoms with van der Waals surface area (Å²) in [6, 6.07) is 11.7. The molecule has 0 saturated heterocycles. The number of nitrogens with zero attached hydrogens (tertiary/aromatic N) is 1. The summed E-state index contributed by atoms with van der Waals surface area (Å²) in [4.78, 5) is 13.3. The van der Waals surface area contributed by atoms with Gasteiger partial charge in [-0.25, -0.2) is 4.79 Å². The largest absolute Gasteiger partial charge is 0.477 e. The fourth-order valence-electron chi connectivity index (χ4n) is 1.70. The van der Waals surface area contributed by atoms with Crippen LogP contribution in [0.25, 0.3) is 0 Å². The number of carbonyl (C=O) groups is 1. The van der Waals surface area contributed by atoms with Gasteiger partial charge in [-0.15, -0.1) is 11.3 Å². The average molecular weight is 247 g/mol. The first-order valence-corrected chi connectivity index (χ1v) is 6.24. The normalized spacial score (nSPS) is 10.2. The van der Waals surface area contributed by atoms with Crippen molar-refractivity contribution in [3.8, 4) is 0 Å². The Bertz CT molecular complexity index is 507. The topological polar surface area (TPSA) is 40.5 Å². The van der Waals surface area contributed by atoms with Crippen molar-refractivity contribution in [2.75, 3.05) is 11.4 Å². The Hall–Kier alpha value is -1.81. The number of carboxylic acid groups (broad SMARTS) is 1. The minimum Gasteiger partial charge on any atom is -0.477 e. The Balaban J connectivity index is 2.32. The van der Waals surface area contributed by atoms with E-state index in [0.29, 0.717) is 4.88 Å². The van der Waals surface area contributed by atoms with Gasteiger partial charge in [0.2, 0.25) is 0 Å². The summed E-state index contributed by atoms with van der Waals surface area (Å²) in [7, 11) is 0. The van der Waals surface area contributed by atoms with Gasteiger partial charge in [0.25, 0.3) is 0 Å². The Labute approximate surface area is 104 Å². The van der Waals surface area contributed by atoms with Crippen LogP contribution in [0.5, 0.6) is 0 Å². The molecule has 0 radical (unpaired) electrons. The number of hydrogen-bond acceptors (Lipinski definition) is 3. The van der Waals surface area contributed by atoms with E-state index in [-0.39, 0.29) is 0 Å². The number of para-hydroxylation sites is 1. The quantitative estimate of drug-likeness (QED) is 0.897. The molecule has 0 aliphatic heterocycles. The van der Waals surface area contributed by atoms with Gasteiger partial charge in [-0.2, -0.15) is 0 Å². The summed E-state index contributed by atoms with van der Waals surface area (Å²) in [5.41, 5.74) is 2.01. The second kappa shape index (κ2) is 5.01. The van der Waals surface area contributed by atoms with E-state index in [4.69, 9.17) is 5.11 Å². The van der Waals surface area contributed by atoms with Gasteiger partial charge < -0.3 is 10.0 Å². The molecule has 88 valence electrons. The van der Waals surface area contributed by atoms with Gasteiger partial charge in [0, 0.05) is 17.6 Å². The van der Waals surface area contributed by atoms with Crippen LogP contribution in [0.2, 0.25) is 0 Å². The predicted octanol–water partition coefficient (Wildman–Crippen LogP) is 3.60. The molecule has 0 atom stereocenters. The van der Waals surface area contributed by atoms with Crippen LogP contribution in [0.1, 0.15) is 16.6 Å². The zero-order valence-electron chi connectivity index (χ0n) is 9.46. The van der Waals surface area contributed by atoms with Gasteiger partial charge in [-0.05, 0) is 25.1 Å². The summed E-state index contributed by atoms with van der Waals surface area (Å²) in [5, 5.41) is 10.8. The van der Waals surface area contributed by atoms with Crippen molar-refractivity contribution < 1.29 is 9.90 Å². The molecule has 17 heavy (non-hydrogen) atoms. The van der Waals surface area contributed by atoms with Crippen molar-refractivity contribution in [3.05, 3.63) is 46.7 Å². The number of rotatable bonds is 4. The molecule has 1 aromatic heterocycles. The fourth-order valence-corrected chi connectivity index (χ4v) is 2.43. The molecule has 1 aromatic carbocycles. The molecule has 0 fully saturated rings. The van der Waals surface area contributed by atoms with E-state index in [9.17, 15) is 4.79 Å². The van der Waals surface area contributed by atoms with Crippen molar-refractivity contribution in [2.45, 2.75) is 6.92 Å². The van der Waals surface area contributed by atoms with Gasteiger partial charge in [0.15, 0.2) is 0 Å². The second-order valence-corrected chi connectivity index (χ2v) is 4.47. The molecule has 0 aliphatic carbocycles. The monoisotopic (exact) mass is 247 g/mol. The van der Waals surface area contributed by atoms with Gasteiger partial charge in [0.05, 0.1) is 5.69 Å². The molecule has 0 bridgehead atoms. The number of hydrogen-bond donors (Lipinski definition) is 1. The van der Waals surface area contributed by atoms with Crippen molar-refractivity contribution in [2.24, 2.45) is 0 Å². The molecule has 1 N–H and O–H groups in total. The van der Waals surface area contributed by atoms with Gasteiger partial charge in [0.1, 0.15) is 4.88 Å². The summed E-state index contributed by atoms with van der Waals surface area (Å²) in [5.74, 6) is -0.870. The molecule has 0 saturated carbocycles. The van der Waals surface area contributed by atoms with Crippen molar-refractivity contribution in [3.63, 3.8) is 0 Å². The third-order valence-corrected chi connectivity index (χ3v) is 3.40. The van der Waals surface area contributed by atoms with Crippen LogP contribution in [0.4, 0.5) is 11.4 Å². The third kappa shape index (κ3) is 2.47. The lowest BCUT2D eigenvalue weighted by Crippen LogP contribution is -2.14. The van der Waals surface area contributed by atoms with Crippen LogP contribution in [-0.2, 0) is 0 Å². The zero-order valence-corrected chi connectivity index (χ0v) is 10.3.